The molecule has 0 saturated carbocycles. The number of aliphatic carboxylic acids is 1. The van der Waals surface area contributed by atoms with Gasteiger partial charge in [-0.25, -0.2) is 0 Å². The summed E-state index contributed by atoms with van der Waals surface area (Å²) in [6.07, 6.45) is 5.93. The highest BCUT2D eigenvalue weighted by molar-refractivity contribution is 5.73. The third-order valence-corrected chi connectivity index (χ3v) is 3.71. The number of hydrogen-bond donors (Lipinski definition) is 1. The second-order valence-corrected chi connectivity index (χ2v) is 5.55. The van der Waals surface area contributed by atoms with Crippen LogP contribution in [0.25, 0.3) is 0 Å². The van der Waals surface area contributed by atoms with E-state index in [-0.39, 0.29) is 6.04 Å². The fraction of sp³-hybridized carbons (Fsp3) is 0.714. The molecule has 1 aliphatic heterocycles. The van der Waals surface area contributed by atoms with E-state index >= 15 is 0 Å². The van der Waals surface area contributed by atoms with E-state index in [9.17, 15) is 9.90 Å². The summed E-state index contributed by atoms with van der Waals surface area (Å²) in [6, 6.07) is 1.98. The van der Waals surface area contributed by atoms with Gasteiger partial charge in [-0.2, -0.15) is 5.10 Å². The second-order valence-electron chi connectivity index (χ2n) is 5.55. The van der Waals surface area contributed by atoms with Crippen molar-refractivity contribution in [1.82, 2.24) is 14.7 Å². The summed E-state index contributed by atoms with van der Waals surface area (Å²) in [6.45, 7) is 5.66. The van der Waals surface area contributed by atoms with Crippen LogP contribution in [0.2, 0.25) is 0 Å². The Hall–Kier alpha value is -1.36. The first-order valence-electron chi connectivity index (χ1n) is 7.09. The predicted molar refractivity (Wildman–Crippen MR) is 72.9 cm³/mol. The molecule has 5 nitrogen and oxygen atoms in total. The predicted octanol–water partition coefficient (Wildman–Crippen LogP) is 2.29. The van der Waals surface area contributed by atoms with Crippen molar-refractivity contribution in [2.24, 2.45) is 0 Å². The van der Waals surface area contributed by atoms with Crippen LogP contribution in [0, 0.1) is 0 Å². The first-order chi connectivity index (χ1) is 9.08. The fourth-order valence-corrected chi connectivity index (χ4v) is 2.59. The Balaban J connectivity index is 2.07. The number of carboxylic acid groups (broad SMARTS) is 1. The molecule has 19 heavy (non-hydrogen) atoms. The van der Waals surface area contributed by atoms with Crippen molar-refractivity contribution >= 4 is 5.97 Å². The molecule has 5 heteroatoms. The zero-order chi connectivity index (χ0) is 13.8. The van der Waals surface area contributed by atoms with E-state index in [0.717, 1.165) is 37.9 Å². The van der Waals surface area contributed by atoms with Crippen LogP contribution in [0.4, 0.5) is 0 Å². The van der Waals surface area contributed by atoms with Crippen molar-refractivity contribution < 1.29 is 9.90 Å². The Morgan fingerprint density at radius 1 is 1.47 bits per heavy atom. The van der Waals surface area contributed by atoms with Gasteiger partial charge in [-0.05, 0) is 39.3 Å². The average molecular weight is 265 g/mol. The van der Waals surface area contributed by atoms with Crippen molar-refractivity contribution in [2.45, 2.75) is 58.2 Å². The number of rotatable bonds is 4. The van der Waals surface area contributed by atoms with Gasteiger partial charge in [-0.15, -0.1) is 0 Å². The average Bonchev–Trinajstić information content (AvgIpc) is 2.68. The smallest absolute Gasteiger partial charge is 0.320 e. The first-order valence-corrected chi connectivity index (χ1v) is 7.09. The van der Waals surface area contributed by atoms with Gasteiger partial charge in [-0.3, -0.25) is 14.4 Å². The summed E-state index contributed by atoms with van der Waals surface area (Å²) in [5, 5.41) is 13.8. The summed E-state index contributed by atoms with van der Waals surface area (Å²) in [7, 11) is 0. The van der Waals surface area contributed by atoms with Crippen LogP contribution in [0.5, 0.6) is 0 Å². The second kappa shape index (κ2) is 6.19. The fourth-order valence-electron chi connectivity index (χ4n) is 2.59. The summed E-state index contributed by atoms with van der Waals surface area (Å²) >= 11 is 0. The van der Waals surface area contributed by atoms with E-state index in [1.54, 1.807) is 0 Å². The first kappa shape index (κ1) is 14.1. The van der Waals surface area contributed by atoms with Gasteiger partial charge in [0.1, 0.15) is 6.04 Å². The van der Waals surface area contributed by atoms with Crippen LogP contribution in [0.15, 0.2) is 12.3 Å². The molecule has 0 aromatic carbocycles. The molecule has 1 saturated heterocycles. The molecule has 0 amide bonds. The van der Waals surface area contributed by atoms with Gasteiger partial charge >= 0.3 is 5.97 Å². The van der Waals surface area contributed by atoms with Gasteiger partial charge in [0.25, 0.3) is 0 Å². The van der Waals surface area contributed by atoms with Crippen LogP contribution < -0.4 is 0 Å². The Labute approximate surface area is 114 Å². The molecular weight excluding hydrogens is 242 g/mol. The van der Waals surface area contributed by atoms with E-state index < -0.39 is 5.97 Å². The number of aromatic nitrogens is 2. The minimum Gasteiger partial charge on any atom is -0.480 e. The molecule has 1 unspecified atom stereocenters. The van der Waals surface area contributed by atoms with Crippen LogP contribution in [0.3, 0.4) is 0 Å². The molecule has 1 fully saturated rings. The van der Waals surface area contributed by atoms with Gasteiger partial charge in [0.05, 0.1) is 5.69 Å². The Kier molecular flexibility index (Phi) is 4.58. The maximum atomic E-state index is 11.4. The Bertz CT molecular complexity index is 428. The molecule has 1 N–H and O–H groups in total. The lowest BCUT2D eigenvalue weighted by Gasteiger charge is -2.25. The van der Waals surface area contributed by atoms with Crippen LogP contribution in [-0.4, -0.2) is 38.3 Å². The molecule has 2 heterocycles. The number of carboxylic acids is 1. The number of likely N-dealkylation sites (tertiary alicyclic amines) is 1. The van der Waals surface area contributed by atoms with Gasteiger partial charge in [-0.1, -0.05) is 12.8 Å². The molecule has 1 aliphatic rings. The van der Waals surface area contributed by atoms with E-state index in [1.807, 2.05) is 16.9 Å². The maximum absolute atomic E-state index is 11.4. The molecule has 1 aromatic rings. The van der Waals surface area contributed by atoms with E-state index in [4.69, 9.17) is 0 Å². The van der Waals surface area contributed by atoms with Crippen LogP contribution >= 0.6 is 0 Å². The SMILES string of the molecule is CC(C)n1ccc(CN2CCCCCC2C(=O)O)n1. The van der Waals surface area contributed by atoms with E-state index in [1.165, 1.54) is 0 Å². The maximum Gasteiger partial charge on any atom is 0.320 e. The highest BCUT2D eigenvalue weighted by Gasteiger charge is 2.27. The molecule has 0 aliphatic carbocycles. The zero-order valence-electron chi connectivity index (χ0n) is 11.7. The minimum atomic E-state index is -0.704. The van der Waals surface area contributed by atoms with Gasteiger partial charge in [0, 0.05) is 18.8 Å². The Morgan fingerprint density at radius 2 is 2.26 bits per heavy atom. The molecule has 0 spiro atoms. The topological polar surface area (TPSA) is 58.4 Å². The summed E-state index contributed by atoms with van der Waals surface area (Å²) in [4.78, 5) is 13.4. The molecule has 2 rings (SSSR count). The van der Waals surface area contributed by atoms with Gasteiger partial charge < -0.3 is 5.11 Å². The lowest BCUT2D eigenvalue weighted by molar-refractivity contribution is -0.143. The molecular formula is C14H23N3O2. The summed E-state index contributed by atoms with van der Waals surface area (Å²) in [5.41, 5.74) is 0.960. The van der Waals surface area contributed by atoms with E-state index in [0.29, 0.717) is 12.6 Å². The van der Waals surface area contributed by atoms with Crippen molar-refractivity contribution in [1.29, 1.82) is 0 Å². The highest BCUT2D eigenvalue weighted by atomic mass is 16.4. The minimum absolute atomic E-state index is 0.341. The monoisotopic (exact) mass is 265 g/mol. The zero-order valence-corrected chi connectivity index (χ0v) is 11.7. The molecule has 0 bridgehead atoms. The number of carbonyl (C=O) groups is 1. The number of nitrogens with zero attached hydrogens (tertiary/aromatic N) is 3. The number of hydrogen-bond acceptors (Lipinski definition) is 3. The largest absolute Gasteiger partial charge is 0.480 e. The summed E-state index contributed by atoms with van der Waals surface area (Å²) in [5.74, 6) is -0.704. The lowest BCUT2D eigenvalue weighted by atomic mass is 10.1. The van der Waals surface area contributed by atoms with Gasteiger partial charge in [0.2, 0.25) is 0 Å². The quantitative estimate of drug-likeness (QED) is 0.907. The molecule has 0 radical (unpaired) electrons. The van der Waals surface area contributed by atoms with Crippen molar-refractivity contribution in [3.63, 3.8) is 0 Å². The van der Waals surface area contributed by atoms with Crippen molar-refractivity contribution in [3.05, 3.63) is 18.0 Å². The molecule has 1 aromatic heterocycles. The highest BCUT2D eigenvalue weighted by Crippen LogP contribution is 2.19. The van der Waals surface area contributed by atoms with Crippen molar-refractivity contribution in [3.8, 4) is 0 Å². The lowest BCUT2D eigenvalue weighted by Crippen LogP contribution is -2.40. The third kappa shape index (κ3) is 3.56. The van der Waals surface area contributed by atoms with Crippen LogP contribution in [-0.2, 0) is 11.3 Å². The normalized spacial score (nSPS) is 21.5. The van der Waals surface area contributed by atoms with Crippen molar-refractivity contribution in [2.75, 3.05) is 6.54 Å². The third-order valence-electron chi connectivity index (χ3n) is 3.71. The molecule has 1 atom stereocenters. The van der Waals surface area contributed by atoms with E-state index in [2.05, 4.69) is 23.8 Å². The van der Waals surface area contributed by atoms with Gasteiger partial charge in [0.15, 0.2) is 0 Å². The standard InChI is InChI=1S/C14H23N3O2/c1-11(2)17-9-7-12(15-17)10-16-8-5-3-4-6-13(16)14(18)19/h7,9,11,13H,3-6,8,10H2,1-2H3,(H,18,19). The summed E-state index contributed by atoms with van der Waals surface area (Å²) < 4.78 is 1.92. The van der Waals surface area contributed by atoms with Crippen LogP contribution in [0.1, 0.15) is 51.3 Å². The molecule has 106 valence electrons. The Morgan fingerprint density at radius 3 is 2.89 bits per heavy atom.